The number of ether oxygens (including phenoxy) is 2. The van der Waals surface area contributed by atoms with Crippen LogP contribution in [0, 0.1) is 0 Å². The SMILES string of the molecule is [N-]=[N+]=NCCCO[C@@H]1OC(CO)[C@@H](O)[C@H](O)C1O. The Bertz CT molecular complexity index is 296. The van der Waals surface area contributed by atoms with Gasteiger partial charge in [0, 0.05) is 18.1 Å². The van der Waals surface area contributed by atoms with Crippen molar-refractivity contribution >= 4 is 0 Å². The Labute approximate surface area is 103 Å². The highest BCUT2D eigenvalue weighted by atomic mass is 16.7. The number of azide groups is 1. The molecule has 18 heavy (non-hydrogen) atoms. The van der Waals surface area contributed by atoms with Gasteiger partial charge in [0.1, 0.15) is 24.4 Å². The maximum Gasteiger partial charge on any atom is 0.186 e. The van der Waals surface area contributed by atoms with Gasteiger partial charge in [-0.05, 0) is 12.0 Å². The Kier molecular flexibility index (Phi) is 6.30. The minimum Gasteiger partial charge on any atom is -0.394 e. The first-order valence-electron chi connectivity index (χ1n) is 5.54. The van der Waals surface area contributed by atoms with Gasteiger partial charge in [-0.3, -0.25) is 0 Å². The zero-order chi connectivity index (χ0) is 13.5. The molecule has 4 N–H and O–H groups in total. The lowest BCUT2D eigenvalue weighted by Crippen LogP contribution is -2.59. The Morgan fingerprint density at radius 1 is 1.22 bits per heavy atom. The summed E-state index contributed by atoms with van der Waals surface area (Å²) in [5.41, 5.74) is 8.05. The molecule has 0 bridgehead atoms. The minimum atomic E-state index is -1.45. The highest BCUT2D eigenvalue weighted by Gasteiger charge is 2.43. The topological polar surface area (TPSA) is 148 Å². The highest BCUT2D eigenvalue weighted by Crippen LogP contribution is 2.21. The summed E-state index contributed by atoms with van der Waals surface area (Å²) in [5, 5.41) is 40.8. The van der Waals surface area contributed by atoms with Gasteiger partial charge in [-0.1, -0.05) is 5.11 Å². The smallest absolute Gasteiger partial charge is 0.186 e. The average molecular weight is 263 g/mol. The van der Waals surface area contributed by atoms with Crippen LogP contribution in [0.4, 0.5) is 0 Å². The third-order valence-corrected chi connectivity index (χ3v) is 2.60. The van der Waals surface area contributed by atoms with E-state index in [0.717, 1.165) is 0 Å². The molecular weight excluding hydrogens is 246 g/mol. The molecule has 0 aromatic rings. The summed E-state index contributed by atoms with van der Waals surface area (Å²) >= 11 is 0. The van der Waals surface area contributed by atoms with E-state index in [1.54, 1.807) is 0 Å². The first-order chi connectivity index (χ1) is 8.61. The van der Waals surface area contributed by atoms with Crippen LogP contribution in [0.2, 0.25) is 0 Å². The van der Waals surface area contributed by atoms with E-state index in [-0.39, 0.29) is 13.2 Å². The normalized spacial score (nSPS) is 36.1. The van der Waals surface area contributed by atoms with Crippen molar-refractivity contribution in [2.24, 2.45) is 5.11 Å². The maximum absolute atomic E-state index is 9.60. The molecule has 1 aliphatic rings. The minimum absolute atomic E-state index is 0.154. The van der Waals surface area contributed by atoms with Crippen LogP contribution in [0.5, 0.6) is 0 Å². The summed E-state index contributed by atoms with van der Waals surface area (Å²) in [4.78, 5) is 2.56. The van der Waals surface area contributed by atoms with Crippen LogP contribution in [0.3, 0.4) is 0 Å². The predicted octanol–water partition coefficient (Wildman–Crippen LogP) is -1.50. The number of nitrogens with zero attached hydrogens (tertiary/aromatic N) is 3. The van der Waals surface area contributed by atoms with Gasteiger partial charge in [-0.2, -0.15) is 0 Å². The zero-order valence-corrected chi connectivity index (χ0v) is 9.66. The van der Waals surface area contributed by atoms with Crippen molar-refractivity contribution in [2.75, 3.05) is 19.8 Å². The molecular formula is C9H17N3O6. The number of aliphatic hydroxyl groups is 4. The van der Waals surface area contributed by atoms with Crippen molar-refractivity contribution in [1.82, 2.24) is 0 Å². The standard InChI is InChI=1S/C9H17N3O6/c10-12-11-2-1-3-17-9-8(16)7(15)6(14)5(4-13)18-9/h5-9,13-16H,1-4H2/t5?,6-,7+,8?,9-/m1/s1. The Hall–Kier alpha value is -0.930. The van der Waals surface area contributed by atoms with Crippen LogP contribution in [-0.2, 0) is 9.47 Å². The molecule has 1 rings (SSSR count). The van der Waals surface area contributed by atoms with E-state index in [2.05, 4.69) is 10.0 Å². The summed E-state index contributed by atoms with van der Waals surface area (Å²) < 4.78 is 10.3. The van der Waals surface area contributed by atoms with Crippen molar-refractivity contribution in [3.05, 3.63) is 10.4 Å². The number of rotatable bonds is 6. The summed E-state index contributed by atoms with van der Waals surface area (Å²) in [6.07, 6.45) is -5.93. The summed E-state index contributed by atoms with van der Waals surface area (Å²) in [7, 11) is 0. The van der Waals surface area contributed by atoms with Crippen molar-refractivity contribution in [1.29, 1.82) is 0 Å². The Balaban J connectivity index is 2.41. The molecule has 1 fully saturated rings. The van der Waals surface area contributed by atoms with E-state index in [9.17, 15) is 15.3 Å². The quantitative estimate of drug-likeness (QED) is 0.198. The second kappa shape index (κ2) is 7.49. The van der Waals surface area contributed by atoms with Crippen molar-refractivity contribution in [3.63, 3.8) is 0 Å². The van der Waals surface area contributed by atoms with Gasteiger partial charge < -0.3 is 29.9 Å². The molecule has 0 amide bonds. The van der Waals surface area contributed by atoms with E-state index >= 15 is 0 Å². The molecule has 9 nitrogen and oxygen atoms in total. The molecule has 2 unspecified atom stereocenters. The van der Waals surface area contributed by atoms with Crippen LogP contribution in [0.15, 0.2) is 5.11 Å². The van der Waals surface area contributed by atoms with Gasteiger partial charge in [-0.25, -0.2) is 0 Å². The molecule has 1 saturated heterocycles. The molecule has 5 atom stereocenters. The van der Waals surface area contributed by atoms with Crippen LogP contribution < -0.4 is 0 Å². The van der Waals surface area contributed by atoms with E-state index in [1.165, 1.54) is 0 Å². The monoisotopic (exact) mass is 263 g/mol. The van der Waals surface area contributed by atoms with Crippen LogP contribution in [-0.4, -0.2) is 70.9 Å². The lowest BCUT2D eigenvalue weighted by atomic mass is 9.99. The molecule has 0 saturated carbocycles. The zero-order valence-electron chi connectivity index (χ0n) is 9.66. The largest absolute Gasteiger partial charge is 0.394 e. The molecule has 104 valence electrons. The van der Waals surface area contributed by atoms with Gasteiger partial charge >= 0.3 is 0 Å². The lowest BCUT2D eigenvalue weighted by molar-refractivity contribution is -0.301. The molecule has 0 aromatic heterocycles. The van der Waals surface area contributed by atoms with Gasteiger partial charge in [0.25, 0.3) is 0 Å². The summed E-state index contributed by atoms with van der Waals surface area (Å²) in [6.45, 7) is -0.0981. The van der Waals surface area contributed by atoms with Gasteiger partial charge in [0.2, 0.25) is 0 Å². The van der Waals surface area contributed by atoms with Crippen molar-refractivity contribution < 1.29 is 29.9 Å². The van der Waals surface area contributed by atoms with Gasteiger partial charge in [0.05, 0.1) is 6.61 Å². The molecule has 0 radical (unpaired) electrons. The van der Waals surface area contributed by atoms with Gasteiger partial charge in [-0.15, -0.1) is 0 Å². The van der Waals surface area contributed by atoms with Crippen LogP contribution in [0.1, 0.15) is 6.42 Å². The third-order valence-electron chi connectivity index (χ3n) is 2.60. The van der Waals surface area contributed by atoms with Crippen LogP contribution in [0.25, 0.3) is 10.4 Å². The molecule has 1 aliphatic heterocycles. The third kappa shape index (κ3) is 3.79. The molecule has 1 heterocycles. The molecule has 0 spiro atoms. The van der Waals surface area contributed by atoms with E-state index in [0.29, 0.717) is 6.42 Å². The molecule has 0 aliphatic carbocycles. The van der Waals surface area contributed by atoms with E-state index in [1.807, 2.05) is 0 Å². The Morgan fingerprint density at radius 3 is 2.56 bits per heavy atom. The fourth-order valence-corrected chi connectivity index (χ4v) is 1.58. The molecule has 9 heteroatoms. The molecule has 0 aromatic carbocycles. The number of aliphatic hydroxyl groups excluding tert-OH is 4. The predicted molar refractivity (Wildman–Crippen MR) is 58.3 cm³/mol. The summed E-state index contributed by atoms with van der Waals surface area (Å²) in [5.74, 6) is 0. The number of hydrogen-bond donors (Lipinski definition) is 4. The fourth-order valence-electron chi connectivity index (χ4n) is 1.58. The second-order valence-electron chi connectivity index (χ2n) is 3.88. The first kappa shape index (κ1) is 15.1. The fraction of sp³-hybridized carbons (Fsp3) is 1.00. The van der Waals surface area contributed by atoms with Crippen molar-refractivity contribution in [2.45, 2.75) is 37.1 Å². The van der Waals surface area contributed by atoms with E-state index in [4.69, 9.17) is 20.1 Å². The highest BCUT2D eigenvalue weighted by molar-refractivity contribution is 4.88. The number of hydrogen-bond acceptors (Lipinski definition) is 7. The average Bonchev–Trinajstić information content (AvgIpc) is 2.38. The Morgan fingerprint density at radius 2 is 1.94 bits per heavy atom. The van der Waals surface area contributed by atoms with Crippen LogP contribution >= 0.6 is 0 Å². The van der Waals surface area contributed by atoms with E-state index < -0.39 is 37.3 Å². The van der Waals surface area contributed by atoms with Gasteiger partial charge in [0.15, 0.2) is 6.29 Å². The first-order valence-corrected chi connectivity index (χ1v) is 5.54. The summed E-state index contributed by atoms with van der Waals surface area (Å²) in [6, 6.07) is 0. The maximum atomic E-state index is 9.60. The second-order valence-corrected chi connectivity index (χ2v) is 3.88. The lowest BCUT2D eigenvalue weighted by Gasteiger charge is -2.39. The van der Waals surface area contributed by atoms with Crippen molar-refractivity contribution in [3.8, 4) is 0 Å².